The monoisotopic (exact) mass is 241 g/mol. The Hall–Kier alpha value is -1.44. The fourth-order valence-electron chi connectivity index (χ4n) is 0.881. The average molecular weight is 241 g/mol. The molecule has 0 bridgehead atoms. The van der Waals surface area contributed by atoms with Crippen molar-refractivity contribution in [3.8, 4) is 0 Å². The molecule has 0 spiro atoms. The molecule has 16 heavy (non-hydrogen) atoms. The van der Waals surface area contributed by atoms with Crippen LogP contribution in [0.15, 0.2) is 0 Å². The van der Waals surface area contributed by atoms with Gasteiger partial charge in [-0.15, -0.1) is 5.06 Å². The van der Waals surface area contributed by atoms with Gasteiger partial charge in [0, 0.05) is 6.42 Å². The number of hydrogen-bond donors (Lipinski definition) is 0. The summed E-state index contributed by atoms with van der Waals surface area (Å²) in [6.45, 7) is 0. The minimum atomic E-state index is -3.64. The Bertz CT molecular complexity index is 259. The van der Waals surface area contributed by atoms with E-state index in [-0.39, 0.29) is 5.06 Å². The van der Waals surface area contributed by atoms with E-state index in [2.05, 4.69) is 14.3 Å². The highest BCUT2D eigenvalue weighted by Gasteiger charge is 2.42. The highest BCUT2D eigenvalue weighted by atomic mass is 19.3. The van der Waals surface area contributed by atoms with Crippen LogP contribution in [0.4, 0.5) is 13.6 Å². The fourth-order valence-corrected chi connectivity index (χ4v) is 0.881. The lowest BCUT2D eigenvalue weighted by atomic mass is 10.2. The van der Waals surface area contributed by atoms with E-state index in [9.17, 15) is 18.4 Å². The van der Waals surface area contributed by atoms with Crippen LogP contribution in [0.5, 0.6) is 0 Å². The van der Waals surface area contributed by atoms with E-state index >= 15 is 0 Å². The minimum Gasteiger partial charge on any atom is -0.469 e. The Morgan fingerprint density at radius 1 is 1.19 bits per heavy atom. The van der Waals surface area contributed by atoms with E-state index in [0.29, 0.717) is 0 Å². The summed E-state index contributed by atoms with van der Waals surface area (Å²) in [5.74, 6) is -0.805. The lowest BCUT2D eigenvalue weighted by Crippen LogP contribution is -2.45. The second-order valence-electron chi connectivity index (χ2n) is 2.69. The zero-order chi connectivity index (χ0) is 12.8. The highest BCUT2D eigenvalue weighted by Crippen LogP contribution is 2.26. The van der Waals surface area contributed by atoms with Crippen LogP contribution in [-0.4, -0.2) is 44.5 Å². The van der Waals surface area contributed by atoms with Crippen LogP contribution in [0.25, 0.3) is 0 Å². The fraction of sp³-hybridized carbons (Fsp3) is 0.750. The van der Waals surface area contributed by atoms with Crippen molar-refractivity contribution in [3.05, 3.63) is 0 Å². The number of ether oxygens (including phenoxy) is 2. The molecule has 0 aromatic heterocycles. The third-order valence-corrected chi connectivity index (χ3v) is 1.68. The van der Waals surface area contributed by atoms with Crippen molar-refractivity contribution in [3.63, 3.8) is 0 Å². The van der Waals surface area contributed by atoms with Gasteiger partial charge in [-0.05, 0) is 0 Å². The zero-order valence-corrected chi connectivity index (χ0v) is 9.16. The Balaban J connectivity index is 4.48. The average Bonchev–Trinajstić information content (AvgIpc) is 2.26. The topological polar surface area (TPSA) is 65.1 Å². The van der Waals surface area contributed by atoms with Crippen LogP contribution < -0.4 is 0 Å². The zero-order valence-electron chi connectivity index (χ0n) is 9.16. The smallest absolute Gasteiger partial charge is 0.438 e. The molecule has 0 fully saturated rings. The van der Waals surface area contributed by atoms with Gasteiger partial charge in [-0.2, -0.15) is 8.78 Å². The summed E-state index contributed by atoms with van der Waals surface area (Å²) in [5.41, 5.74) is 0. The molecule has 0 aromatic carbocycles. The van der Waals surface area contributed by atoms with Gasteiger partial charge in [0.15, 0.2) is 0 Å². The molecule has 0 aliphatic heterocycles. The van der Waals surface area contributed by atoms with Gasteiger partial charge in [0.05, 0.1) is 27.8 Å². The minimum absolute atomic E-state index is 0.240. The van der Waals surface area contributed by atoms with Crippen molar-refractivity contribution in [1.29, 1.82) is 0 Å². The van der Waals surface area contributed by atoms with Gasteiger partial charge in [-0.3, -0.25) is 9.63 Å². The largest absolute Gasteiger partial charge is 0.469 e. The molecule has 0 atom stereocenters. The molecule has 0 saturated heterocycles. The summed E-state index contributed by atoms with van der Waals surface area (Å²) < 4.78 is 34.9. The molecule has 1 amide bonds. The maximum atomic E-state index is 13.3. The van der Waals surface area contributed by atoms with Crippen LogP contribution in [0.3, 0.4) is 0 Å². The molecular formula is C8H13F2NO5. The number of hydroxylamine groups is 2. The second-order valence-corrected chi connectivity index (χ2v) is 2.69. The molecule has 0 rings (SSSR count). The standard InChI is InChI=1S/C8H13F2NO5/c1-14-6(12)4-5-8(9,10)11(16-3)7(13)15-2/h4-5H2,1-3H3. The van der Waals surface area contributed by atoms with Gasteiger partial charge >= 0.3 is 18.1 Å². The molecule has 6 nitrogen and oxygen atoms in total. The molecule has 0 radical (unpaired) electrons. The number of rotatable bonds is 5. The first-order valence-corrected chi connectivity index (χ1v) is 4.26. The number of esters is 1. The summed E-state index contributed by atoms with van der Waals surface area (Å²) in [6.07, 6.45) is -2.81. The third kappa shape index (κ3) is 3.97. The van der Waals surface area contributed by atoms with Crippen molar-refractivity contribution in [2.45, 2.75) is 18.9 Å². The first kappa shape index (κ1) is 14.6. The molecule has 0 unspecified atom stereocenters. The van der Waals surface area contributed by atoms with E-state index < -0.39 is 31.0 Å². The van der Waals surface area contributed by atoms with E-state index in [1.165, 1.54) is 0 Å². The molecule has 0 N–H and O–H groups in total. The molecule has 0 aliphatic carbocycles. The molecule has 8 heteroatoms. The highest BCUT2D eigenvalue weighted by molar-refractivity contribution is 5.69. The van der Waals surface area contributed by atoms with Crippen LogP contribution >= 0.6 is 0 Å². The lowest BCUT2D eigenvalue weighted by molar-refractivity contribution is -0.278. The van der Waals surface area contributed by atoms with Gasteiger partial charge in [0.25, 0.3) is 0 Å². The van der Waals surface area contributed by atoms with Crippen LogP contribution in [0.2, 0.25) is 0 Å². The van der Waals surface area contributed by atoms with Gasteiger partial charge in [0.2, 0.25) is 0 Å². The Kier molecular flexibility index (Phi) is 5.65. The number of halogens is 2. The normalized spacial score (nSPS) is 10.8. The van der Waals surface area contributed by atoms with E-state index in [1.54, 1.807) is 0 Å². The van der Waals surface area contributed by atoms with Crippen LogP contribution in [0, 0.1) is 0 Å². The van der Waals surface area contributed by atoms with Crippen molar-refractivity contribution in [2.24, 2.45) is 0 Å². The number of nitrogens with zero attached hydrogens (tertiary/aromatic N) is 1. The summed E-state index contributed by atoms with van der Waals surface area (Å²) in [4.78, 5) is 25.8. The van der Waals surface area contributed by atoms with Crippen molar-refractivity contribution >= 4 is 12.1 Å². The number of carbonyl (C=O) groups is 2. The maximum absolute atomic E-state index is 13.3. The SMILES string of the molecule is COC(=O)CCC(F)(F)N(OC)C(=O)OC. The molecule has 0 heterocycles. The second kappa shape index (κ2) is 6.21. The predicted molar refractivity (Wildman–Crippen MR) is 47.5 cm³/mol. The van der Waals surface area contributed by atoms with Gasteiger partial charge < -0.3 is 9.47 Å². The third-order valence-electron chi connectivity index (χ3n) is 1.68. The number of amides is 1. The van der Waals surface area contributed by atoms with E-state index in [1.807, 2.05) is 0 Å². The van der Waals surface area contributed by atoms with Gasteiger partial charge in [-0.25, -0.2) is 4.79 Å². The van der Waals surface area contributed by atoms with Crippen molar-refractivity contribution in [1.82, 2.24) is 5.06 Å². The first-order valence-electron chi connectivity index (χ1n) is 4.26. The van der Waals surface area contributed by atoms with Crippen LogP contribution in [0.1, 0.15) is 12.8 Å². The number of methoxy groups -OCH3 is 2. The maximum Gasteiger partial charge on any atom is 0.438 e. The summed E-state index contributed by atoms with van der Waals surface area (Å²) in [6, 6.07) is -3.64. The van der Waals surface area contributed by atoms with Crippen LogP contribution in [-0.2, 0) is 19.1 Å². The molecular weight excluding hydrogens is 228 g/mol. The summed E-state index contributed by atoms with van der Waals surface area (Å²) in [5, 5.41) is -0.240. The Morgan fingerprint density at radius 2 is 1.75 bits per heavy atom. The number of alkyl halides is 2. The van der Waals surface area contributed by atoms with Crippen molar-refractivity contribution < 1.29 is 32.7 Å². The predicted octanol–water partition coefficient (Wildman–Crippen LogP) is 1.16. The first-order chi connectivity index (χ1) is 7.38. The van der Waals surface area contributed by atoms with E-state index in [0.717, 1.165) is 21.3 Å². The summed E-state index contributed by atoms with van der Waals surface area (Å²) >= 11 is 0. The van der Waals surface area contributed by atoms with Crippen molar-refractivity contribution in [2.75, 3.05) is 21.3 Å². The van der Waals surface area contributed by atoms with E-state index in [4.69, 9.17) is 0 Å². The molecule has 0 aromatic rings. The Labute approximate surface area is 91.0 Å². The molecule has 94 valence electrons. The lowest BCUT2D eigenvalue weighted by Gasteiger charge is -2.26. The van der Waals surface area contributed by atoms with Gasteiger partial charge in [0.1, 0.15) is 0 Å². The number of hydrogen-bond acceptors (Lipinski definition) is 5. The summed E-state index contributed by atoms with van der Waals surface area (Å²) in [7, 11) is 2.91. The molecule has 0 aliphatic rings. The Morgan fingerprint density at radius 3 is 2.12 bits per heavy atom. The quantitative estimate of drug-likeness (QED) is 0.410. The number of carbonyl (C=O) groups excluding carboxylic acids is 2. The molecule has 0 saturated carbocycles. The van der Waals surface area contributed by atoms with Gasteiger partial charge in [-0.1, -0.05) is 0 Å².